The molecule has 3 rings (SSSR count). The van der Waals surface area contributed by atoms with Gasteiger partial charge in [0.15, 0.2) is 0 Å². The molecular weight excluding hydrogens is 376 g/mol. The van der Waals surface area contributed by atoms with Gasteiger partial charge < -0.3 is 8.97 Å². The lowest BCUT2D eigenvalue weighted by molar-refractivity contribution is -0.889. The van der Waals surface area contributed by atoms with Crippen LogP contribution in [0.15, 0.2) is 36.4 Å². The number of fused-ring (bicyclic) bond motifs is 3. The van der Waals surface area contributed by atoms with Crippen LogP contribution < -0.4 is 0 Å². The van der Waals surface area contributed by atoms with Crippen molar-refractivity contribution in [3.8, 4) is 11.1 Å². The summed E-state index contributed by atoms with van der Waals surface area (Å²) in [7, 11) is 9.50. The molecule has 0 atom stereocenters. The first-order valence-corrected chi connectivity index (χ1v) is 12.4. The summed E-state index contributed by atoms with van der Waals surface area (Å²) in [5, 5.41) is 0. The Morgan fingerprint density at radius 2 is 1.03 bits per heavy atom. The van der Waals surface area contributed by atoms with Gasteiger partial charge in [-0.15, -0.1) is 0 Å². The van der Waals surface area contributed by atoms with Crippen LogP contribution in [0.4, 0.5) is 0 Å². The third kappa shape index (κ3) is 5.07. The summed E-state index contributed by atoms with van der Waals surface area (Å²) in [4.78, 5) is 0. The topological polar surface area (TPSA) is 0 Å². The smallest absolute Gasteiger partial charge is 0.0782 e. The first kappa shape index (κ1) is 24.0. The van der Waals surface area contributed by atoms with Crippen molar-refractivity contribution in [3.05, 3.63) is 58.7 Å². The molecule has 0 bridgehead atoms. The molecule has 0 amide bonds. The molecule has 2 heteroatoms. The van der Waals surface area contributed by atoms with E-state index in [0.29, 0.717) is 0 Å². The minimum atomic E-state index is 0.157. The second-order valence-electron chi connectivity index (χ2n) is 11.3. The summed E-state index contributed by atoms with van der Waals surface area (Å²) in [6.45, 7) is 14.0. The Kier molecular flexibility index (Phi) is 7.03. The molecule has 2 aromatic carbocycles. The van der Waals surface area contributed by atoms with E-state index in [0.717, 1.165) is 8.97 Å². The molecule has 1 aliphatic rings. The number of aryl methyl sites for hydroxylation is 2. The quantitative estimate of drug-likeness (QED) is 0.393. The molecule has 2 nitrogen and oxygen atoms in total. The van der Waals surface area contributed by atoms with Crippen molar-refractivity contribution in [1.29, 1.82) is 0 Å². The zero-order valence-electron chi connectivity index (χ0n) is 21.5. The number of hydrogen-bond acceptors (Lipinski definition) is 0. The van der Waals surface area contributed by atoms with Crippen molar-refractivity contribution in [1.82, 2.24) is 0 Å². The van der Waals surface area contributed by atoms with Crippen LogP contribution in [0.1, 0.15) is 61.8 Å². The van der Waals surface area contributed by atoms with Crippen molar-refractivity contribution in [2.45, 2.75) is 58.8 Å². The number of quaternary nitrogens is 2. The molecule has 1 aliphatic carbocycles. The molecule has 0 fully saturated rings. The van der Waals surface area contributed by atoms with E-state index >= 15 is 0 Å². The number of hydrogen-bond donors (Lipinski definition) is 0. The van der Waals surface area contributed by atoms with Gasteiger partial charge in [0.25, 0.3) is 0 Å². The third-order valence-electron chi connectivity index (χ3n) is 8.12. The van der Waals surface area contributed by atoms with E-state index in [1.807, 2.05) is 0 Å². The van der Waals surface area contributed by atoms with Crippen LogP contribution >= 0.6 is 0 Å². The second-order valence-corrected chi connectivity index (χ2v) is 11.3. The lowest BCUT2D eigenvalue weighted by Crippen LogP contribution is -2.42. The maximum atomic E-state index is 2.50. The molecule has 0 unspecified atom stereocenters. The molecule has 0 radical (unpaired) electrons. The second kappa shape index (κ2) is 9.08. The largest absolute Gasteiger partial charge is 0.329 e. The van der Waals surface area contributed by atoms with E-state index in [1.165, 1.54) is 74.1 Å². The lowest BCUT2D eigenvalue weighted by atomic mass is 9.70. The van der Waals surface area contributed by atoms with Crippen molar-refractivity contribution in [3.63, 3.8) is 0 Å². The molecule has 0 N–H and O–H groups in total. The summed E-state index contributed by atoms with van der Waals surface area (Å²) in [6.07, 6.45) is 5.05. The fraction of sp³-hybridized carbons (Fsp3) is 0.586. The summed E-state index contributed by atoms with van der Waals surface area (Å²) in [6, 6.07) is 14.4. The number of benzene rings is 2. The minimum absolute atomic E-state index is 0.157. The highest BCUT2D eigenvalue weighted by atomic mass is 15.3. The highest BCUT2D eigenvalue weighted by Crippen LogP contribution is 2.54. The highest BCUT2D eigenvalue weighted by molar-refractivity contribution is 5.81. The van der Waals surface area contributed by atoms with Gasteiger partial charge in [-0.25, -0.2) is 0 Å². The Labute approximate surface area is 192 Å². The van der Waals surface area contributed by atoms with Crippen LogP contribution in [0.3, 0.4) is 0 Å². The molecule has 0 aromatic heterocycles. The van der Waals surface area contributed by atoms with Gasteiger partial charge in [0, 0.05) is 5.41 Å². The molecule has 0 heterocycles. The predicted octanol–water partition coefficient (Wildman–Crippen LogP) is 6.32. The monoisotopic (exact) mass is 422 g/mol. The summed E-state index contributed by atoms with van der Waals surface area (Å²) in [5.74, 6) is 0. The molecule has 2 aromatic rings. The first-order chi connectivity index (χ1) is 14.5. The van der Waals surface area contributed by atoms with E-state index in [4.69, 9.17) is 0 Å². The van der Waals surface area contributed by atoms with E-state index in [1.54, 1.807) is 11.1 Å². The van der Waals surface area contributed by atoms with Crippen LogP contribution in [0, 0.1) is 13.8 Å². The predicted molar refractivity (Wildman–Crippen MR) is 136 cm³/mol. The van der Waals surface area contributed by atoms with Crippen LogP contribution in [0.2, 0.25) is 0 Å². The van der Waals surface area contributed by atoms with E-state index in [-0.39, 0.29) is 5.41 Å². The van der Waals surface area contributed by atoms with Crippen molar-refractivity contribution in [2.24, 2.45) is 0 Å². The Balaban J connectivity index is 2.03. The van der Waals surface area contributed by atoms with Gasteiger partial charge in [0.2, 0.25) is 0 Å². The van der Waals surface area contributed by atoms with E-state index in [9.17, 15) is 0 Å². The average Bonchev–Trinajstić information content (AvgIpc) is 2.97. The minimum Gasteiger partial charge on any atom is -0.329 e. The zero-order valence-corrected chi connectivity index (χ0v) is 21.5. The zero-order chi connectivity index (χ0) is 22.9. The molecule has 170 valence electrons. The van der Waals surface area contributed by atoms with Gasteiger partial charge in [-0.05, 0) is 75.6 Å². The number of nitrogens with zero attached hydrogens (tertiary/aromatic N) is 2. The van der Waals surface area contributed by atoms with Gasteiger partial charge in [0.1, 0.15) is 0 Å². The maximum absolute atomic E-state index is 2.50. The standard InChI is InChI=1S/C29H46N2/c1-9-30(5,6)19-11-17-29(18-12-20-31(7,8)10-2)27-21-23(3)13-15-25(27)26-16-14-24(4)22-28(26)29/h13-16,21-22H,9-12,17-20H2,1-8H3/q+2. The normalized spacial score (nSPS) is 15.1. The Morgan fingerprint density at radius 1 is 0.645 bits per heavy atom. The van der Waals surface area contributed by atoms with E-state index < -0.39 is 0 Å². The van der Waals surface area contributed by atoms with Gasteiger partial charge in [-0.2, -0.15) is 0 Å². The van der Waals surface area contributed by atoms with Gasteiger partial charge in [0.05, 0.1) is 54.4 Å². The van der Waals surface area contributed by atoms with Crippen molar-refractivity contribution < 1.29 is 8.97 Å². The van der Waals surface area contributed by atoms with Crippen LogP contribution in [-0.2, 0) is 5.41 Å². The Bertz CT molecular complexity index is 831. The van der Waals surface area contributed by atoms with Gasteiger partial charge in [-0.1, -0.05) is 47.5 Å². The molecule has 0 spiro atoms. The molecule has 31 heavy (non-hydrogen) atoms. The number of rotatable bonds is 10. The Hall–Kier alpha value is -1.64. The maximum Gasteiger partial charge on any atom is 0.0782 e. The first-order valence-electron chi connectivity index (χ1n) is 12.4. The van der Waals surface area contributed by atoms with Crippen molar-refractivity contribution >= 4 is 0 Å². The average molecular weight is 423 g/mol. The van der Waals surface area contributed by atoms with Crippen LogP contribution in [-0.4, -0.2) is 63.3 Å². The van der Waals surface area contributed by atoms with Crippen LogP contribution in [0.5, 0.6) is 0 Å². The van der Waals surface area contributed by atoms with Crippen molar-refractivity contribution in [2.75, 3.05) is 54.4 Å². The fourth-order valence-corrected chi connectivity index (χ4v) is 5.32. The molecule has 0 saturated heterocycles. The van der Waals surface area contributed by atoms with Gasteiger partial charge in [-0.3, -0.25) is 0 Å². The van der Waals surface area contributed by atoms with Gasteiger partial charge >= 0.3 is 0 Å². The summed E-state index contributed by atoms with van der Waals surface area (Å²) >= 11 is 0. The van der Waals surface area contributed by atoms with E-state index in [2.05, 4.69) is 92.3 Å². The molecule has 0 aliphatic heterocycles. The highest BCUT2D eigenvalue weighted by Gasteiger charge is 2.43. The Morgan fingerprint density at radius 3 is 1.39 bits per heavy atom. The third-order valence-corrected chi connectivity index (χ3v) is 8.12. The van der Waals surface area contributed by atoms with Crippen LogP contribution in [0.25, 0.3) is 11.1 Å². The lowest BCUT2D eigenvalue weighted by Gasteiger charge is -2.36. The summed E-state index contributed by atoms with van der Waals surface area (Å²) < 4.78 is 2.22. The molecule has 0 saturated carbocycles. The molecular formula is C29H46N2+2. The summed E-state index contributed by atoms with van der Waals surface area (Å²) in [5.41, 5.74) is 9.09. The SMILES string of the molecule is CC[N+](C)(C)CCCC1(CCC[N+](C)(C)CC)c2cc(C)ccc2-c2ccc(C)cc21. The fourth-order valence-electron chi connectivity index (χ4n) is 5.32.